The highest BCUT2D eigenvalue weighted by Crippen LogP contribution is 2.44. The molecule has 0 bridgehead atoms. The van der Waals surface area contributed by atoms with Crippen LogP contribution in [-0.4, -0.2) is 40.1 Å². The lowest BCUT2D eigenvalue weighted by Crippen LogP contribution is -2.30. The number of anilines is 1. The van der Waals surface area contributed by atoms with E-state index < -0.39 is 29.3 Å². The van der Waals surface area contributed by atoms with E-state index in [2.05, 4.69) is 4.98 Å². The Bertz CT molecular complexity index is 1470. The van der Waals surface area contributed by atoms with Crippen molar-refractivity contribution in [1.29, 1.82) is 0 Å². The Labute approximate surface area is 202 Å². The molecule has 1 aliphatic rings. The van der Waals surface area contributed by atoms with Crippen LogP contribution in [0.5, 0.6) is 5.75 Å². The summed E-state index contributed by atoms with van der Waals surface area (Å²) in [6.07, 6.45) is 0. The molecular formula is C25H19FN2O6S. The molecule has 0 fully saturated rings. The number of carbonyl (C=O) groups excluding carboxylic acids is 2. The summed E-state index contributed by atoms with van der Waals surface area (Å²) in [5, 5.41) is 20.0. The summed E-state index contributed by atoms with van der Waals surface area (Å²) in [7, 11) is 0. The maximum Gasteiger partial charge on any atom is 0.296 e. The summed E-state index contributed by atoms with van der Waals surface area (Å²) in [5.41, 5.74) is 0.834. The first kappa shape index (κ1) is 22.8. The summed E-state index contributed by atoms with van der Waals surface area (Å²) >= 11 is 1.07. The highest BCUT2D eigenvalue weighted by molar-refractivity contribution is 7.22. The molecule has 5 rings (SSSR count). The van der Waals surface area contributed by atoms with Crippen molar-refractivity contribution in [2.45, 2.75) is 13.0 Å². The predicted octanol–water partition coefficient (Wildman–Crippen LogP) is 4.49. The number of Topliss-reactive ketones (excluding diaryl/α,β-unsaturated/α-hetero) is 1. The molecule has 1 aliphatic heterocycles. The first-order valence-electron chi connectivity index (χ1n) is 10.6. The van der Waals surface area contributed by atoms with Gasteiger partial charge < -0.3 is 19.4 Å². The number of rotatable bonds is 7. The molecule has 3 heterocycles. The van der Waals surface area contributed by atoms with Crippen LogP contribution in [-0.2, 0) is 4.79 Å². The molecule has 2 aromatic heterocycles. The molecule has 0 radical (unpaired) electrons. The summed E-state index contributed by atoms with van der Waals surface area (Å²) in [6.45, 7) is 1.64. The predicted molar refractivity (Wildman–Crippen MR) is 126 cm³/mol. The molecule has 0 spiro atoms. The maximum absolute atomic E-state index is 13.8. The molecular weight excluding hydrogens is 475 g/mol. The van der Waals surface area contributed by atoms with Crippen LogP contribution in [0.15, 0.2) is 70.3 Å². The van der Waals surface area contributed by atoms with E-state index >= 15 is 0 Å². The molecule has 35 heavy (non-hydrogen) atoms. The second-order valence-corrected chi connectivity index (χ2v) is 8.84. The SMILES string of the molecule is Cc1ccc(C(=O)C2=C(O)C(=O)N(c3nc4ccc(F)cc4s3)C2c2ccc(OCCO)cc2)o1. The number of fused-ring (bicyclic) bond motifs is 1. The Morgan fingerprint density at radius 2 is 1.97 bits per heavy atom. The van der Waals surface area contributed by atoms with E-state index in [-0.39, 0.29) is 29.7 Å². The van der Waals surface area contributed by atoms with E-state index in [1.165, 1.54) is 29.2 Å². The summed E-state index contributed by atoms with van der Waals surface area (Å²) in [6, 6.07) is 12.7. The van der Waals surface area contributed by atoms with Crippen LogP contribution >= 0.6 is 11.3 Å². The van der Waals surface area contributed by atoms with Gasteiger partial charge in [-0.25, -0.2) is 9.37 Å². The number of aryl methyl sites for hydroxylation is 1. The van der Waals surface area contributed by atoms with Gasteiger partial charge in [-0.1, -0.05) is 23.5 Å². The Morgan fingerprint density at radius 3 is 2.66 bits per heavy atom. The van der Waals surface area contributed by atoms with Crippen LogP contribution in [0.2, 0.25) is 0 Å². The van der Waals surface area contributed by atoms with Crippen LogP contribution in [0, 0.1) is 12.7 Å². The van der Waals surface area contributed by atoms with Crippen LogP contribution in [0.1, 0.15) is 27.9 Å². The zero-order chi connectivity index (χ0) is 24.7. The molecule has 1 amide bonds. The monoisotopic (exact) mass is 494 g/mol. The van der Waals surface area contributed by atoms with Gasteiger partial charge >= 0.3 is 0 Å². The van der Waals surface area contributed by atoms with Crippen LogP contribution < -0.4 is 9.64 Å². The minimum absolute atomic E-state index is 0.0158. The fraction of sp³-hybridized carbons (Fsp3) is 0.160. The van der Waals surface area contributed by atoms with Gasteiger partial charge in [-0.2, -0.15) is 0 Å². The van der Waals surface area contributed by atoms with Crippen LogP contribution in [0.25, 0.3) is 10.2 Å². The van der Waals surface area contributed by atoms with E-state index in [1.54, 1.807) is 37.3 Å². The largest absolute Gasteiger partial charge is 0.503 e. The summed E-state index contributed by atoms with van der Waals surface area (Å²) < 4.78 is 25.1. The molecule has 1 atom stereocenters. The van der Waals surface area contributed by atoms with Crippen molar-refractivity contribution in [3.05, 3.63) is 88.8 Å². The number of benzene rings is 2. The van der Waals surface area contributed by atoms with E-state index in [1.807, 2.05) is 0 Å². The van der Waals surface area contributed by atoms with E-state index in [9.17, 15) is 19.1 Å². The lowest BCUT2D eigenvalue weighted by Gasteiger charge is -2.24. The third kappa shape index (κ3) is 4.07. The number of carbonyl (C=O) groups is 2. The first-order chi connectivity index (χ1) is 16.9. The molecule has 178 valence electrons. The second-order valence-electron chi connectivity index (χ2n) is 7.83. The Kier molecular flexibility index (Phi) is 5.83. The van der Waals surface area contributed by atoms with Crippen molar-refractivity contribution in [2.24, 2.45) is 0 Å². The van der Waals surface area contributed by atoms with Gasteiger partial charge in [-0.05, 0) is 55.0 Å². The quantitative estimate of drug-likeness (QED) is 0.364. The average Bonchev–Trinajstić information content (AvgIpc) is 3.53. The molecule has 2 aromatic carbocycles. The third-order valence-electron chi connectivity index (χ3n) is 5.52. The summed E-state index contributed by atoms with van der Waals surface area (Å²) in [4.78, 5) is 32.3. The Balaban J connectivity index is 1.62. The number of furan rings is 1. The number of amides is 1. The fourth-order valence-corrected chi connectivity index (χ4v) is 4.96. The lowest BCUT2D eigenvalue weighted by atomic mass is 9.95. The summed E-state index contributed by atoms with van der Waals surface area (Å²) in [5.74, 6) is -1.62. The van der Waals surface area contributed by atoms with Gasteiger partial charge in [0, 0.05) is 0 Å². The normalized spacial score (nSPS) is 15.9. The molecule has 0 saturated carbocycles. The Morgan fingerprint density at radius 1 is 1.20 bits per heavy atom. The van der Waals surface area contributed by atoms with E-state index in [4.69, 9.17) is 14.3 Å². The lowest BCUT2D eigenvalue weighted by molar-refractivity contribution is -0.117. The van der Waals surface area contributed by atoms with Gasteiger partial charge in [0.2, 0.25) is 5.78 Å². The van der Waals surface area contributed by atoms with Crippen LogP contribution in [0.3, 0.4) is 0 Å². The first-order valence-corrected chi connectivity index (χ1v) is 11.5. The van der Waals surface area contributed by atoms with Crippen molar-refractivity contribution in [2.75, 3.05) is 18.1 Å². The molecule has 0 aliphatic carbocycles. The van der Waals surface area contributed by atoms with Crippen molar-refractivity contribution in [1.82, 2.24) is 4.98 Å². The smallest absolute Gasteiger partial charge is 0.296 e. The number of ether oxygens (including phenoxy) is 1. The highest BCUT2D eigenvalue weighted by Gasteiger charge is 2.46. The third-order valence-corrected chi connectivity index (χ3v) is 6.54. The van der Waals surface area contributed by atoms with Gasteiger partial charge in [0.1, 0.15) is 23.9 Å². The van der Waals surface area contributed by atoms with Gasteiger partial charge in [-0.15, -0.1) is 0 Å². The highest BCUT2D eigenvalue weighted by atomic mass is 32.1. The van der Waals surface area contributed by atoms with Crippen LogP contribution in [0.4, 0.5) is 9.52 Å². The second kappa shape index (κ2) is 8.97. The zero-order valence-electron chi connectivity index (χ0n) is 18.4. The number of halogens is 1. The number of hydrogen-bond donors (Lipinski definition) is 2. The number of aliphatic hydroxyl groups is 2. The van der Waals surface area contributed by atoms with Gasteiger partial charge in [0.15, 0.2) is 16.7 Å². The maximum atomic E-state index is 13.8. The number of nitrogens with zero attached hydrogens (tertiary/aromatic N) is 2. The average molecular weight is 495 g/mol. The van der Waals surface area contributed by atoms with Gasteiger partial charge in [-0.3, -0.25) is 14.5 Å². The van der Waals surface area contributed by atoms with Crippen molar-refractivity contribution in [3.63, 3.8) is 0 Å². The Hall–Kier alpha value is -4.02. The van der Waals surface area contributed by atoms with Gasteiger partial charge in [0.25, 0.3) is 5.91 Å². The number of thiazole rings is 1. The number of ketones is 1. The molecule has 1 unspecified atom stereocenters. The topological polar surface area (TPSA) is 113 Å². The molecule has 2 N–H and O–H groups in total. The molecule has 10 heteroatoms. The molecule has 4 aromatic rings. The van der Waals surface area contributed by atoms with Crippen molar-refractivity contribution >= 4 is 38.4 Å². The van der Waals surface area contributed by atoms with Crippen molar-refractivity contribution in [3.8, 4) is 5.75 Å². The fourth-order valence-electron chi connectivity index (χ4n) is 3.94. The van der Waals surface area contributed by atoms with Crippen molar-refractivity contribution < 1.29 is 33.3 Å². The minimum Gasteiger partial charge on any atom is -0.503 e. The van der Waals surface area contributed by atoms with E-state index in [0.717, 1.165) is 11.3 Å². The van der Waals surface area contributed by atoms with Gasteiger partial charge in [0.05, 0.1) is 28.4 Å². The molecule has 0 saturated heterocycles. The minimum atomic E-state index is -1.02. The number of aliphatic hydroxyl groups excluding tert-OH is 2. The zero-order valence-corrected chi connectivity index (χ0v) is 19.2. The number of aromatic nitrogens is 1. The molecule has 8 nitrogen and oxygen atoms in total. The van der Waals surface area contributed by atoms with E-state index in [0.29, 0.717) is 27.3 Å². The standard InChI is InChI=1S/C25H19FN2O6S/c1-13-2-9-18(34-13)22(30)20-21(14-3-6-16(7-4-14)33-11-10-29)28(24(32)23(20)31)25-27-17-8-5-15(26)12-19(17)35-25/h2-9,12,21,29,31H,10-11H2,1H3. The number of hydrogen-bond acceptors (Lipinski definition) is 8.